The summed E-state index contributed by atoms with van der Waals surface area (Å²) < 4.78 is 12.3. The summed E-state index contributed by atoms with van der Waals surface area (Å²) in [6.07, 6.45) is 0. The molecule has 0 spiro atoms. The molecule has 0 atom stereocenters. The Morgan fingerprint density at radius 2 is 2.00 bits per heavy atom. The molecular formula is C14H19N3O3. The van der Waals surface area contributed by atoms with E-state index in [2.05, 4.69) is 10.3 Å². The highest BCUT2D eigenvalue weighted by Crippen LogP contribution is 2.30. The van der Waals surface area contributed by atoms with E-state index in [-0.39, 0.29) is 12.5 Å². The molecule has 0 aliphatic heterocycles. The van der Waals surface area contributed by atoms with Crippen LogP contribution in [0.4, 0.5) is 0 Å². The summed E-state index contributed by atoms with van der Waals surface area (Å²) in [6.45, 7) is 3.92. The van der Waals surface area contributed by atoms with Crippen LogP contribution in [0.3, 0.4) is 0 Å². The zero-order valence-electron chi connectivity index (χ0n) is 12.1. The number of benzene rings is 1. The summed E-state index contributed by atoms with van der Waals surface area (Å²) in [5, 5.41) is 17.5. The Balaban J connectivity index is 2.64. The van der Waals surface area contributed by atoms with E-state index in [1.807, 2.05) is 32.0 Å². The minimum Gasteiger partial charge on any atom is -0.497 e. The smallest absolute Gasteiger partial charge is 0.144 e. The van der Waals surface area contributed by atoms with E-state index >= 15 is 0 Å². The van der Waals surface area contributed by atoms with Crippen molar-refractivity contribution in [2.75, 3.05) is 14.2 Å². The third-order valence-corrected chi connectivity index (χ3v) is 3.09. The highest BCUT2D eigenvalue weighted by atomic mass is 16.5. The normalized spacial score (nSPS) is 10.9. The van der Waals surface area contributed by atoms with Crippen LogP contribution >= 0.6 is 0 Å². The number of hydrogen-bond donors (Lipinski definition) is 1. The van der Waals surface area contributed by atoms with Crippen LogP contribution in [0.1, 0.15) is 31.2 Å². The van der Waals surface area contributed by atoms with E-state index in [9.17, 15) is 5.11 Å². The number of ether oxygens (including phenoxy) is 2. The molecule has 6 heteroatoms. The van der Waals surface area contributed by atoms with Crippen molar-refractivity contribution in [3.8, 4) is 17.2 Å². The Morgan fingerprint density at radius 3 is 2.55 bits per heavy atom. The molecule has 0 amide bonds. The van der Waals surface area contributed by atoms with E-state index in [0.29, 0.717) is 17.2 Å². The SMILES string of the molecule is COc1ccc(OC)c(-n2nnc(CO)c2C(C)C)c1. The van der Waals surface area contributed by atoms with E-state index in [1.54, 1.807) is 18.9 Å². The molecular weight excluding hydrogens is 258 g/mol. The molecule has 108 valence electrons. The Labute approximate surface area is 117 Å². The zero-order valence-corrected chi connectivity index (χ0v) is 12.1. The fourth-order valence-corrected chi connectivity index (χ4v) is 2.15. The lowest BCUT2D eigenvalue weighted by Gasteiger charge is -2.14. The standard InChI is InChI=1S/C14H19N3O3/c1-9(2)14-11(8-18)15-16-17(14)12-7-10(19-3)5-6-13(12)20-4/h5-7,9,18H,8H2,1-4H3. The molecule has 1 aromatic carbocycles. The molecule has 2 rings (SSSR count). The van der Waals surface area contributed by atoms with Crippen LogP contribution in [0.5, 0.6) is 11.5 Å². The number of hydrogen-bond acceptors (Lipinski definition) is 5. The van der Waals surface area contributed by atoms with Crippen molar-refractivity contribution >= 4 is 0 Å². The number of methoxy groups -OCH3 is 2. The maximum Gasteiger partial charge on any atom is 0.144 e. The van der Waals surface area contributed by atoms with Gasteiger partial charge < -0.3 is 14.6 Å². The van der Waals surface area contributed by atoms with Gasteiger partial charge in [0.05, 0.1) is 26.5 Å². The molecule has 1 aromatic heterocycles. The fourth-order valence-electron chi connectivity index (χ4n) is 2.15. The number of aliphatic hydroxyl groups excluding tert-OH is 1. The van der Waals surface area contributed by atoms with Gasteiger partial charge in [0.15, 0.2) is 0 Å². The quantitative estimate of drug-likeness (QED) is 0.904. The molecule has 0 saturated carbocycles. The predicted molar refractivity (Wildman–Crippen MR) is 74.5 cm³/mol. The first kappa shape index (κ1) is 14.3. The first-order valence-corrected chi connectivity index (χ1v) is 6.40. The van der Waals surface area contributed by atoms with Crippen molar-refractivity contribution in [2.24, 2.45) is 0 Å². The third kappa shape index (κ3) is 2.46. The second kappa shape index (κ2) is 5.92. The molecule has 1 heterocycles. The van der Waals surface area contributed by atoms with Gasteiger partial charge in [0.1, 0.15) is 22.9 Å². The summed E-state index contributed by atoms with van der Waals surface area (Å²) in [5.74, 6) is 1.54. The second-order valence-corrected chi connectivity index (χ2v) is 4.68. The second-order valence-electron chi connectivity index (χ2n) is 4.68. The summed E-state index contributed by atoms with van der Waals surface area (Å²) in [4.78, 5) is 0. The fraction of sp³-hybridized carbons (Fsp3) is 0.429. The summed E-state index contributed by atoms with van der Waals surface area (Å²) >= 11 is 0. The maximum atomic E-state index is 9.38. The minimum absolute atomic E-state index is 0.139. The zero-order chi connectivity index (χ0) is 14.7. The van der Waals surface area contributed by atoms with Crippen molar-refractivity contribution < 1.29 is 14.6 Å². The molecule has 0 aliphatic carbocycles. The molecule has 0 radical (unpaired) electrons. The van der Waals surface area contributed by atoms with E-state index < -0.39 is 0 Å². The Morgan fingerprint density at radius 1 is 1.25 bits per heavy atom. The Bertz CT molecular complexity index is 593. The molecule has 1 N–H and O–H groups in total. The number of rotatable bonds is 5. The molecule has 20 heavy (non-hydrogen) atoms. The van der Waals surface area contributed by atoms with Gasteiger partial charge in [-0.3, -0.25) is 0 Å². The summed E-state index contributed by atoms with van der Waals surface area (Å²) in [5.41, 5.74) is 2.17. The topological polar surface area (TPSA) is 69.4 Å². The highest BCUT2D eigenvalue weighted by Gasteiger charge is 2.19. The summed E-state index contributed by atoms with van der Waals surface area (Å²) in [7, 11) is 3.21. The Hall–Kier alpha value is -2.08. The van der Waals surface area contributed by atoms with Gasteiger partial charge in [0.25, 0.3) is 0 Å². The first-order valence-electron chi connectivity index (χ1n) is 6.40. The molecule has 0 bridgehead atoms. The van der Waals surface area contributed by atoms with E-state index in [4.69, 9.17) is 9.47 Å². The third-order valence-electron chi connectivity index (χ3n) is 3.09. The lowest BCUT2D eigenvalue weighted by Crippen LogP contribution is -2.07. The molecule has 0 fully saturated rings. The van der Waals surface area contributed by atoms with Crippen LogP contribution in [-0.2, 0) is 6.61 Å². The average Bonchev–Trinajstić information content (AvgIpc) is 2.90. The number of aliphatic hydroxyl groups is 1. The van der Waals surface area contributed by atoms with Gasteiger partial charge in [-0.2, -0.15) is 0 Å². The van der Waals surface area contributed by atoms with Gasteiger partial charge in [0, 0.05) is 6.07 Å². The van der Waals surface area contributed by atoms with Crippen LogP contribution in [0, 0.1) is 0 Å². The van der Waals surface area contributed by atoms with Crippen LogP contribution < -0.4 is 9.47 Å². The lowest BCUT2D eigenvalue weighted by molar-refractivity contribution is 0.275. The molecule has 2 aromatic rings. The van der Waals surface area contributed by atoms with Crippen molar-refractivity contribution in [1.29, 1.82) is 0 Å². The molecule has 0 aliphatic rings. The van der Waals surface area contributed by atoms with Crippen molar-refractivity contribution in [3.05, 3.63) is 29.6 Å². The van der Waals surface area contributed by atoms with E-state index in [0.717, 1.165) is 11.4 Å². The van der Waals surface area contributed by atoms with Gasteiger partial charge in [-0.1, -0.05) is 19.1 Å². The largest absolute Gasteiger partial charge is 0.497 e. The average molecular weight is 277 g/mol. The maximum absolute atomic E-state index is 9.38. The van der Waals surface area contributed by atoms with E-state index in [1.165, 1.54) is 0 Å². The number of aromatic nitrogens is 3. The lowest BCUT2D eigenvalue weighted by atomic mass is 10.1. The van der Waals surface area contributed by atoms with Crippen molar-refractivity contribution in [2.45, 2.75) is 26.4 Å². The first-order chi connectivity index (χ1) is 9.62. The van der Waals surface area contributed by atoms with Crippen LogP contribution in [0.25, 0.3) is 5.69 Å². The van der Waals surface area contributed by atoms with Crippen LogP contribution in [0.15, 0.2) is 18.2 Å². The Kier molecular flexibility index (Phi) is 4.24. The molecule has 0 saturated heterocycles. The van der Waals surface area contributed by atoms with Gasteiger partial charge in [-0.05, 0) is 18.1 Å². The monoisotopic (exact) mass is 277 g/mol. The predicted octanol–water partition coefficient (Wildman–Crippen LogP) is 1.90. The highest BCUT2D eigenvalue weighted by molar-refractivity contribution is 5.51. The van der Waals surface area contributed by atoms with Gasteiger partial charge in [0.2, 0.25) is 0 Å². The summed E-state index contributed by atoms with van der Waals surface area (Å²) in [6, 6.07) is 5.47. The number of nitrogens with zero attached hydrogens (tertiary/aromatic N) is 3. The van der Waals surface area contributed by atoms with Gasteiger partial charge in [-0.15, -0.1) is 5.10 Å². The molecule has 6 nitrogen and oxygen atoms in total. The van der Waals surface area contributed by atoms with Crippen LogP contribution in [0.2, 0.25) is 0 Å². The van der Waals surface area contributed by atoms with Gasteiger partial charge in [-0.25, -0.2) is 4.68 Å². The van der Waals surface area contributed by atoms with Gasteiger partial charge >= 0.3 is 0 Å². The van der Waals surface area contributed by atoms with Crippen molar-refractivity contribution in [1.82, 2.24) is 15.0 Å². The minimum atomic E-state index is -0.139. The van der Waals surface area contributed by atoms with Crippen LogP contribution in [-0.4, -0.2) is 34.3 Å². The van der Waals surface area contributed by atoms with Crippen molar-refractivity contribution in [3.63, 3.8) is 0 Å². The molecule has 0 unspecified atom stereocenters.